The molecular weight excluding hydrogens is 329 g/mol. The molecule has 0 spiro atoms. The number of halogens is 4. The highest BCUT2D eigenvalue weighted by atomic mass is 35.5. The van der Waals surface area contributed by atoms with Gasteiger partial charge in [-0.25, -0.2) is 13.4 Å². The average molecular weight is 343 g/mol. The van der Waals surface area contributed by atoms with Gasteiger partial charge >= 0.3 is 6.18 Å². The van der Waals surface area contributed by atoms with Crippen LogP contribution in [0, 0.1) is 0 Å². The second-order valence-electron chi connectivity index (χ2n) is 4.96. The molecule has 1 atom stereocenters. The fourth-order valence-corrected chi connectivity index (χ4v) is 4.40. The van der Waals surface area contributed by atoms with Crippen molar-refractivity contribution in [2.75, 3.05) is 6.54 Å². The van der Waals surface area contributed by atoms with Gasteiger partial charge in [-0.05, 0) is 25.8 Å². The van der Waals surface area contributed by atoms with Crippen molar-refractivity contribution in [3.8, 4) is 0 Å². The van der Waals surface area contributed by atoms with E-state index < -0.39 is 31.8 Å². The summed E-state index contributed by atoms with van der Waals surface area (Å²) in [6.45, 7) is 1.90. The molecule has 0 radical (unpaired) electrons. The smallest absolute Gasteiger partial charge is 0.243 e. The summed E-state index contributed by atoms with van der Waals surface area (Å²) in [5.74, 6) is 0. The van der Waals surface area contributed by atoms with Gasteiger partial charge in [0.15, 0.2) is 0 Å². The molecule has 0 N–H and O–H groups in total. The maximum atomic E-state index is 13.1. The summed E-state index contributed by atoms with van der Waals surface area (Å²) in [7, 11) is -4.25. The van der Waals surface area contributed by atoms with Gasteiger partial charge in [-0.2, -0.15) is 17.5 Å². The van der Waals surface area contributed by atoms with Crippen molar-refractivity contribution >= 4 is 21.6 Å². The zero-order valence-electron chi connectivity index (χ0n) is 11.2. The number of piperidine rings is 1. The van der Waals surface area contributed by atoms with Crippen LogP contribution in [-0.4, -0.2) is 30.3 Å². The van der Waals surface area contributed by atoms with Crippen LogP contribution in [0.25, 0.3) is 0 Å². The molecule has 21 heavy (non-hydrogen) atoms. The van der Waals surface area contributed by atoms with Crippen molar-refractivity contribution < 1.29 is 21.6 Å². The molecule has 1 aliphatic heterocycles. The molecule has 0 saturated carbocycles. The normalized spacial score (nSPS) is 21.5. The summed E-state index contributed by atoms with van der Waals surface area (Å²) in [5, 5.41) is -0.395. The van der Waals surface area contributed by atoms with Gasteiger partial charge < -0.3 is 0 Å². The Morgan fingerprint density at radius 2 is 2.05 bits per heavy atom. The van der Waals surface area contributed by atoms with E-state index >= 15 is 0 Å². The Labute approximate surface area is 126 Å². The summed E-state index contributed by atoms with van der Waals surface area (Å²) < 4.78 is 65.3. The molecule has 0 amide bonds. The summed E-state index contributed by atoms with van der Waals surface area (Å²) in [6, 6.07) is 0.212. The molecule has 1 aromatic heterocycles. The van der Waals surface area contributed by atoms with Crippen LogP contribution in [0.2, 0.25) is 5.15 Å². The van der Waals surface area contributed by atoms with Gasteiger partial charge in [0.25, 0.3) is 0 Å². The summed E-state index contributed by atoms with van der Waals surface area (Å²) in [4.78, 5) is 2.66. The second-order valence-corrected chi connectivity index (χ2v) is 7.21. The monoisotopic (exact) mass is 342 g/mol. The van der Waals surface area contributed by atoms with E-state index in [-0.39, 0.29) is 12.6 Å². The quantitative estimate of drug-likeness (QED) is 0.775. The Morgan fingerprint density at radius 1 is 1.38 bits per heavy atom. The first-order valence-corrected chi connectivity index (χ1v) is 8.20. The molecule has 1 saturated heterocycles. The van der Waals surface area contributed by atoms with Crippen LogP contribution in [0.15, 0.2) is 17.2 Å². The van der Waals surface area contributed by atoms with Gasteiger partial charge in [0.1, 0.15) is 10.0 Å². The Bertz CT molecular complexity index is 634. The number of aromatic nitrogens is 1. The number of alkyl halides is 3. The van der Waals surface area contributed by atoms with E-state index in [9.17, 15) is 21.6 Å². The van der Waals surface area contributed by atoms with Crippen molar-refractivity contribution in [1.82, 2.24) is 9.29 Å². The third-order valence-corrected chi connectivity index (χ3v) is 5.72. The summed E-state index contributed by atoms with van der Waals surface area (Å²) in [6.07, 6.45) is -2.01. The van der Waals surface area contributed by atoms with Crippen LogP contribution < -0.4 is 0 Å². The first-order valence-electron chi connectivity index (χ1n) is 6.38. The lowest BCUT2D eigenvalue weighted by Gasteiger charge is -2.32. The van der Waals surface area contributed by atoms with Crippen LogP contribution in [0.1, 0.15) is 31.7 Å². The predicted octanol–water partition coefficient (Wildman–Crippen LogP) is 3.32. The molecule has 4 nitrogen and oxygen atoms in total. The van der Waals surface area contributed by atoms with Gasteiger partial charge in [0.2, 0.25) is 10.0 Å². The topological polar surface area (TPSA) is 50.3 Å². The number of pyridine rings is 1. The van der Waals surface area contributed by atoms with Gasteiger partial charge in [0, 0.05) is 18.8 Å². The van der Waals surface area contributed by atoms with E-state index in [1.807, 2.05) is 0 Å². The predicted molar refractivity (Wildman–Crippen MR) is 71.5 cm³/mol. The third kappa shape index (κ3) is 3.32. The Kier molecular flexibility index (Phi) is 4.51. The summed E-state index contributed by atoms with van der Waals surface area (Å²) >= 11 is 5.47. The minimum absolute atomic E-state index is 0.212. The van der Waals surface area contributed by atoms with Crippen molar-refractivity contribution in [2.45, 2.75) is 43.3 Å². The molecule has 0 aliphatic carbocycles. The molecule has 118 valence electrons. The number of hydrogen-bond acceptors (Lipinski definition) is 3. The van der Waals surface area contributed by atoms with Crippen LogP contribution in [0.5, 0.6) is 0 Å². The lowest BCUT2D eigenvalue weighted by molar-refractivity contribution is -0.140. The molecule has 1 unspecified atom stereocenters. The highest BCUT2D eigenvalue weighted by Crippen LogP contribution is 2.37. The molecule has 0 bridgehead atoms. The molecule has 2 heterocycles. The van der Waals surface area contributed by atoms with Gasteiger partial charge in [-0.15, -0.1) is 0 Å². The Balaban J connectivity index is 2.54. The van der Waals surface area contributed by atoms with E-state index in [1.54, 1.807) is 6.92 Å². The average Bonchev–Trinajstić information content (AvgIpc) is 2.37. The SMILES string of the molecule is CC1CCCCN1S(=O)(=O)c1cnc(Cl)cc1C(F)(F)F. The van der Waals surface area contributed by atoms with Crippen LogP contribution >= 0.6 is 11.6 Å². The molecule has 1 aromatic rings. The van der Waals surface area contributed by atoms with Gasteiger partial charge in [0.05, 0.1) is 5.56 Å². The number of nitrogens with zero attached hydrogens (tertiary/aromatic N) is 2. The maximum absolute atomic E-state index is 13.1. The van der Waals surface area contributed by atoms with Crippen LogP contribution in [0.3, 0.4) is 0 Å². The van der Waals surface area contributed by atoms with Crippen LogP contribution in [-0.2, 0) is 16.2 Å². The number of rotatable bonds is 2. The lowest BCUT2D eigenvalue weighted by atomic mass is 10.1. The first kappa shape index (κ1) is 16.5. The highest BCUT2D eigenvalue weighted by molar-refractivity contribution is 7.89. The van der Waals surface area contributed by atoms with E-state index in [1.165, 1.54) is 0 Å². The minimum atomic E-state index is -4.81. The zero-order chi connectivity index (χ0) is 15.8. The number of hydrogen-bond donors (Lipinski definition) is 0. The Hall–Kier alpha value is -0.860. The third-order valence-electron chi connectivity index (χ3n) is 3.47. The molecule has 1 fully saturated rings. The molecule has 9 heteroatoms. The molecule has 1 aliphatic rings. The lowest BCUT2D eigenvalue weighted by Crippen LogP contribution is -2.42. The largest absolute Gasteiger partial charge is 0.417 e. The van der Waals surface area contributed by atoms with Crippen molar-refractivity contribution in [3.63, 3.8) is 0 Å². The molecular formula is C12H14ClF3N2O2S. The Morgan fingerprint density at radius 3 is 2.62 bits per heavy atom. The van der Waals surface area contributed by atoms with Gasteiger partial charge in [-0.1, -0.05) is 18.0 Å². The van der Waals surface area contributed by atoms with E-state index in [0.717, 1.165) is 10.7 Å². The van der Waals surface area contributed by atoms with E-state index in [2.05, 4.69) is 4.98 Å². The summed E-state index contributed by atoms with van der Waals surface area (Å²) in [5.41, 5.74) is -1.28. The molecule has 2 rings (SSSR count). The zero-order valence-corrected chi connectivity index (χ0v) is 12.8. The maximum Gasteiger partial charge on any atom is 0.417 e. The first-order chi connectivity index (χ1) is 9.64. The van der Waals surface area contributed by atoms with Gasteiger partial charge in [-0.3, -0.25) is 0 Å². The van der Waals surface area contributed by atoms with Crippen molar-refractivity contribution in [3.05, 3.63) is 23.0 Å². The standard InChI is InChI=1S/C12H14ClF3N2O2S/c1-8-4-2-3-5-18(8)21(19,20)10-7-17-11(13)6-9(10)12(14,15)16/h6-8H,2-5H2,1H3. The number of sulfonamides is 1. The van der Waals surface area contributed by atoms with Crippen molar-refractivity contribution in [2.24, 2.45) is 0 Å². The second kappa shape index (κ2) is 5.73. The fraction of sp³-hybridized carbons (Fsp3) is 0.583. The van der Waals surface area contributed by atoms with Crippen LogP contribution in [0.4, 0.5) is 13.2 Å². The minimum Gasteiger partial charge on any atom is -0.243 e. The molecule has 0 aromatic carbocycles. The van der Waals surface area contributed by atoms with Crippen molar-refractivity contribution in [1.29, 1.82) is 0 Å². The fourth-order valence-electron chi connectivity index (χ4n) is 2.40. The highest BCUT2D eigenvalue weighted by Gasteiger charge is 2.41. The van der Waals surface area contributed by atoms with E-state index in [4.69, 9.17) is 11.6 Å². The van der Waals surface area contributed by atoms with E-state index in [0.29, 0.717) is 25.1 Å².